The first-order valence-corrected chi connectivity index (χ1v) is 6.54. The van der Waals surface area contributed by atoms with Gasteiger partial charge in [0.25, 0.3) is 0 Å². The summed E-state index contributed by atoms with van der Waals surface area (Å²) in [6, 6.07) is 9.97. The topological polar surface area (TPSA) is 60.9 Å². The predicted octanol–water partition coefficient (Wildman–Crippen LogP) is 2.16. The molecule has 1 aromatic heterocycles. The Balaban J connectivity index is 2.52. The number of hydrogen-bond donors (Lipinski definition) is 1. The maximum Gasteiger partial charge on any atom is 0.221 e. The molecule has 0 radical (unpaired) electrons. The van der Waals surface area contributed by atoms with Gasteiger partial charge in [0.1, 0.15) is 0 Å². The fraction of sp³-hybridized carbons (Fsp3) is 0.333. The van der Waals surface area contributed by atoms with Crippen LogP contribution in [0.5, 0.6) is 0 Å². The minimum absolute atomic E-state index is 0.258. The minimum Gasteiger partial charge on any atom is -0.369 e. The quantitative estimate of drug-likeness (QED) is 0.892. The van der Waals surface area contributed by atoms with Crippen molar-refractivity contribution >= 4 is 5.91 Å². The van der Waals surface area contributed by atoms with Crippen LogP contribution in [-0.2, 0) is 17.6 Å². The number of nitrogens with two attached hydrogens (primary N) is 1. The van der Waals surface area contributed by atoms with Crippen molar-refractivity contribution in [3.8, 4) is 5.69 Å². The number of benzene rings is 1. The third-order valence-corrected chi connectivity index (χ3v) is 3.13. The van der Waals surface area contributed by atoms with Crippen molar-refractivity contribution in [3.05, 3.63) is 47.3 Å². The van der Waals surface area contributed by atoms with E-state index in [0.717, 1.165) is 35.5 Å². The van der Waals surface area contributed by atoms with Gasteiger partial charge in [-0.15, -0.1) is 0 Å². The van der Waals surface area contributed by atoms with Gasteiger partial charge in [-0.25, -0.2) is 4.68 Å². The molecule has 0 unspecified atom stereocenters. The minimum atomic E-state index is -0.312. The number of aromatic nitrogens is 2. The summed E-state index contributed by atoms with van der Waals surface area (Å²) in [4.78, 5) is 11.2. The van der Waals surface area contributed by atoms with E-state index in [1.54, 1.807) is 0 Å². The molecule has 0 aliphatic rings. The molecule has 0 aliphatic heterocycles. The van der Waals surface area contributed by atoms with Gasteiger partial charge in [-0.3, -0.25) is 4.79 Å². The third-order valence-electron chi connectivity index (χ3n) is 3.13. The Kier molecular flexibility index (Phi) is 4.00. The van der Waals surface area contributed by atoms with E-state index in [9.17, 15) is 4.79 Å². The van der Waals surface area contributed by atoms with E-state index in [2.05, 4.69) is 12.0 Å². The number of para-hydroxylation sites is 1. The van der Waals surface area contributed by atoms with Crippen molar-refractivity contribution in [2.75, 3.05) is 0 Å². The Labute approximate surface area is 113 Å². The average Bonchev–Trinajstić information content (AvgIpc) is 2.69. The van der Waals surface area contributed by atoms with Crippen molar-refractivity contribution in [1.82, 2.24) is 9.78 Å². The predicted molar refractivity (Wildman–Crippen MR) is 75.2 cm³/mol. The fourth-order valence-electron chi connectivity index (χ4n) is 2.29. The second-order valence-electron chi connectivity index (χ2n) is 4.65. The zero-order valence-corrected chi connectivity index (χ0v) is 11.4. The lowest BCUT2D eigenvalue weighted by molar-refractivity contribution is -0.117. The lowest BCUT2D eigenvalue weighted by Crippen LogP contribution is -2.15. The van der Waals surface area contributed by atoms with Crippen LogP contribution in [0.25, 0.3) is 5.69 Å². The highest BCUT2D eigenvalue weighted by atomic mass is 16.1. The van der Waals surface area contributed by atoms with Gasteiger partial charge in [-0.1, -0.05) is 31.5 Å². The summed E-state index contributed by atoms with van der Waals surface area (Å²) in [6.45, 7) is 4.04. The van der Waals surface area contributed by atoms with Crippen molar-refractivity contribution in [3.63, 3.8) is 0 Å². The zero-order valence-electron chi connectivity index (χ0n) is 11.4. The molecule has 4 heteroatoms. The summed E-state index contributed by atoms with van der Waals surface area (Å²) in [6.07, 6.45) is 2.15. The van der Waals surface area contributed by atoms with Crippen LogP contribution in [0.15, 0.2) is 30.3 Å². The zero-order chi connectivity index (χ0) is 13.8. The van der Waals surface area contributed by atoms with Crippen LogP contribution < -0.4 is 5.73 Å². The van der Waals surface area contributed by atoms with Gasteiger partial charge in [0.2, 0.25) is 5.91 Å². The van der Waals surface area contributed by atoms with Crippen LogP contribution in [0.2, 0.25) is 0 Å². The number of amides is 1. The van der Waals surface area contributed by atoms with Crippen LogP contribution in [0.4, 0.5) is 0 Å². The molecule has 0 saturated carbocycles. The van der Waals surface area contributed by atoms with E-state index in [-0.39, 0.29) is 12.3 Å². The van der Waals surface area contributed by atoms with Crippen molar-refractivity contribution in [2.45, 2.75) is 33.1 Å². The summed E-state index contributed by atoms with van der Waals surface area (Å²) in [5, 5.41) is 4.56. The van der Waals surface area contributed by atoms with E-state index >= 15 is 0 Å². The summed E-state index contributed by atoms with van der Waals surface area (Å²) in [5.41, 5.74) is 9.29. The standard InChI is InChI=1S/C15H19N3O/c1-3-7-14-13(10-15(16)19)11(2)17-18(14)12-8-5-4-6-9-12/h4-6,8-9H,3,7,10H2,1-2H3,(H2,16,19). The maximum atomic E-state index is 11.2. The molecule has 0 aliphatic carbocycles. The van der Waals surface area contributed by atoms with Crippen LogP contribution in [0.1, 0.15) is 30.3 Å². The number of rotatable bonds is 5. The molecule has 1 heterocycles. The van der Waals surface area contributed by atoms with E-state index < -0.39 is 0 Å². The second-order valence-corrected chi connectivity index (χ2v) is 4.65. The summed E-state index contributed by atoms with van der Waals surface area (Å²) in [5.74, 6) is -0.312. The van der Waals surface area contributed by atoms with Crippen LogP contribution in [-0.4, -0.2) is 15.7 Å². The van der Waals surface area contributed by atoms with Gasteiger partial charge in [0.05, 0.1) is 17.8 Å². The lowest BCUT2D eigenvalue weighted by atomic mass is 10.1. The summed E-state index contributed by atoms with van der Waals surface area (Å²) < 4.78 is 1.93. The van der Waals surface area contributed by atoms with Crippen molar-refractivity contribution in [2.24, 2.45) is 5.73 Å². The molecule has 19 heavy (non-hydrogen) atoms. The molecule has 100 valence electrons. The Hall–Kier alpha value is -2.10. The van der Waals surface area contributed by atoms with Gasteiger partial charge in [-0.05, 0) is 25.5 Å². The van der Waals surface area contributed by atoms with Gasteiger partial charge in [0.15, 0.2) is 0 Å². The molecule has 0 spiro atoms. The fourth-order valence-corrected chi connectivity index (χ4v) is 2.29. The van der Waals surface area contributed by atoms with Gasteiger partial charge in [-0.2, -0.15) is 5.10 Å². The number of hydrogen-bond acceptors (Lipinski definition) is 2. The average molecular weight is 257 g/mol. The number of carbonyl (C=O) groups is 1. The van der Waals surface area contributed by atoms with E-state index in [1.165, 1.54) is 0 Å². The van der Waals surface area contributed by atoms with Crippen LogP contribution >= 0.6 is 0 Å². The molecule has 4 nitrogen and oxygen atoms in total. The molecule has 2 aromatic rings. The van der Waals surface area contributed by atoms with Crippen molar-refractivity contribution in [1.29, 1.82) is 0 Å². The largest absolute Gasteiger partial charge is 0.369 e. The molecule has 2 rings (SSSR count). The monoisotopic (exact) mass is 257 g/mol. The Morgan fingerprint density at radius 2 is 2.00 bits per heavy atom. The van der Waals surface area contributed by atoms with Gasteiger partial charge < -0.3 is 5.73 Å². The summed E-state index contributed by atoms with van der Waals surface area (Å²) in [7, 11) is 0. The molecular formula is C15H19N3O. The molecule has 1 amide bonds. The Morgan fingerprint density at radius 1 is 1.32 bits per heavy atom. The van der Waals surface area contributed by atoms with E-state index in [4.69, 9.17) is 5.73 Å². The van der Waals surface area contributed by atoms with E-state index in [1.807, 2.05) is 41.9 Å². The first kappa shape index (κ1) is 13.3. The molecule has 0 bridgehead atoms. The molecular weight excluding hydrogens is 238 g/mol. The number of carbonyl (C=O) groups excluding carboxylic acids is 1. The molecule has 0 fully saturated rings. The second kappa shape index (κ2) is 5.69. The van der Waals surface area contributed by atoms with Crippen molar-refractivity contribution < 1.29 is 4.79 Å². The molecule has 0 saturated heterocycles. The van der Waals surface area contributed by atoms with Crippen LogP contribution in [0, 0.1) is 6.92 Å². The first-order chi connectivity index (χ1) is 9.13. The summed E-state index contributed by atoms with van der Waals surface area (Å²) >= 11 is 0. The smallest absolute Gasteiger partial charge is 0.221 e. The number of primary amides is 1. The highest BCUT2D eigenvalue weighted by Crippen LogP contribution is 2.20. The number of nitrogens with zero attached hydrogens (tertiary/aromatic N) is 2. The van der Waals surface area contributed by atoms with Gasteiger partial charge in [0, 0.05) is 11.3 Å². The Bertz CT molecular complexity index is 573. The third kappa shape index (κ3) is 2.84. The molecule has 1 aromatic carbocycles. The van der Waals surface area contributed by atoms with Gasteiger partial charge >= 0.3 is 0 Å². The Morgan fingerprint density at radius 3 is 2.58 bits per heavy atom. The molecule has 0 atom stereocenters. The highest BCUT2D eigenvalue weighted by molar-refractivity contribution is 5.77. The first-order valence-electron chi connectivity index (χ1n) is 6.54. The normalized spacial score (nSPS) is 10.6. The number of aryl methyl sites for hydroxylation is 1. The maximum absolute atomic E-state index is 11.2. The lowest BCUT2D eigenvalue weighted by Gasteiger charge is -2.08. The van der Waals surface area contributed by atoms with Crippen LogP contribution in [0.3, 0.4) is 0 Å². The molecule has 2 N–H and O–H groups in total. The SMILES string of the molecule is CCCc1c(CC(N)=O)c(C)nn1-c1ccccc1. The van der Waals surface area contributed by atoms with E-state index in [0.29, 0.717) is 0 Å². The highest BCUT2D eigenvalue weighted by Gasteiger charge is 2.16.